The molecular weight excluding hydrogens is 136 g/mol. The van der Waals surface area contributed by atoms with Crippen molar-refractivity contribution in [2.45, 2.75) is 13.8 Å². The number of rotatable bonds is 0. The van der Waals surface area contributed by atoms with Gasteiger partial charge in [-0.3, -0.25) is 0 Å². The maximum Gasteiger partial charge on any atom is -0.00703 e. The zero-order valence-electron chi connectivity index (χ0n) is 4.97. The summed E-state index contributed by atoms with van der Waals surface area (Å²) in [5.41, 5.74) is 0. The molecule has 0 unspecified atom stereocenters. The molecule has 0 aromatic rings. The van der Waals surface area contributed by atoms with Gasteiger partial charge in [0.25, 0.3) is 0 Å². The Kier molecular flexibility index (Phi) is 2.08. The average molecular weight is 144 g/mol. The molecule has 1 aliphatic rings. The quantitative estimate of drug-likeness (QED) is 0.512. The van der Waals surface area contributed by atoms with Crippen LogP contribution in [0.15, 0.2) is 20.6 Å². The molecule has 0 fully saturated rings. The number of hydrogen-bond acceptors (Lipinski definition) is 2. The van der Waals surface area contributed by atoms with E-state index in [1.807, 2.05) is 11.8 Å². The number of thioether (sulfide) groups is 2. The van der Waals surface area contributed by atoms with Gasteiger partial charge in [0, 0.05) is 0 Å². The third-order valence-electron chi connectivity index (χ3n) is 0.790. The van der Waals surface area contributed by atoms with Gasteiger partial charge in [0.15, 0.2) is 0 Å². The topological polar surface area (TPSA) is 0 Å². The van der Waals surface area contributed by atoms with Crippen molar-refractivity contribution >= 4 is 23.5 Å². The minimum Gasteiger partial charge on any atom is -0.104 e. The van der Waals surface area contributed by atoms with Gasteiger partial charge in [-0.1, -0.05) is 11.8 Å². The van der Waals surface area contributed by atoms with Gasteiger partial charge in [0.1, 0.15) is 0 Å². The lowest BCUT2D eigenvalue weighted by molar-refractivity contribution is 1.66. The Morgan fingerprint density at radius 1 is 1.12 bits per heavy atom. The van der Waals surface area contributed by atoms with E-state index in [9.17, 15) is 0 Å². The van der Waals surface area contributed by atoms with E-state index < -0.39 is 0 Å². The minimum absolute atomic E-state index is 1.40. The van der Waals surface area contributed by atoms with Crippen LogP contribution in [0, 0.1) is 0 Å². The van der Waals surface area contributed by atoms with Gasteiger partial charge < -0.3 is 0 Å². The summed E-state index contributed by atoms with van der Waals surface area (Å²) in [4.78, 5) is 2.80. The second kappa shape index (κ2) is 2.65. The smallest absolute Gasteiger partial charge is 0.00703 e. The maximum absolute atomic E-state index is 2.16. The highest BCUT2D eigenvalue weighted by Gasteiger charge is 1.97. The van der Waals surface area contributed by atoms with E-state index in [4.69, 9.17) is 0 Å². The molecule has 0 saturated carbocycles. The first-order chi connectivity index (χ1) is 3.79. The fraction of sp³-hybridized carbons (Fsp3) is 0.333. The Labute approximate surface area is 58.4 Å². The van der Waals surface area contributed by atoms with Crippen molar-refractivity contribution in [3.05, 3.63) is 20.6 Å². The van der Waals surface area contributed by atoms with Crippen LogP contribution in [0.3, 0.4) is 0 Å². The molecular formula is C6H8S2. The van der Waals surface area contributed by atoms with E-state index in [1.165, 1.54) is 9.81 Å². The number of allylic oxidation sites excluding steroid dienone is 2. The van der Waals surface area contributed by atoms with Crippen LogP contribution in [0.1, 0.15) is 13.8 Å². The summed E-state index contributed by atoms with van der Waals surface area (Å²) in [6.07, 6.45) is 0. The molecule has 0 radical (unpaired) electrons. The average Bonchev–Trinajstić information content (AvgIpc) is 1.64. The minimum atomic E-state index is 1.40. The van der Waals surface area contributed by atoms with Gasteiger partial charge in [-0.15, -0.1) is 11.8 Å². The molecule has 0 aliphatic carbocycles. The largest absolute Gasteiger partial charge is 0.104 e. The summed E-state index contributed by atoms with van der Waals surface area (Å²) in [5.74, 6) is 0. The van der Waals surface area contributed by atoms with E-state index in [2.05, 4.69) is 24.7 Å². The van der Waals surface area contributed by atoms with Crippen molar-refractivity contribution < 1.29 is 0 Å². The lowest BCUT2D eigenvalue weighted by atomic mass is 10.7. The van der Waals surface area contributed by atoms with Crippen molar-refractivity contribution in [2.24, 2.45) is 0 Å². The van der Waals surface area contributed by atoms with Gasteiger partial charge in [0.05, 0.1) is 0 Å². The van der Waals surface area contributed by atoms with E-state index in [0.717, 1.165) is 0 Å². The van der Waals surface area contributed by atoms with Crippen LogP contribution < -0.4 is 0 Å². The molecule has 1 rings (SSSR count). The second-order valence-electron chi connectivity index (χ2n) is 1.70. The highest BCUT2D eigenvalue weighted by molar-refractivity contribution is 8.12. The SMILES string of the molecule is CC1=CSC=C(C)S1. The van der Waals surface area contributed by atoms with Crippen LogP contribution in [-0.2, 0) is 0 Å². The molecule has 0 bridgehead atoms. The lowest BCUT2D eigenvalue weighted by Crippen LogP contribution is -1.71. The zero-order valence-corrected chi connectivity index (χ0v) is 6.60. The number of hydrogen-bond donors (Lipinski definition) is 0. The summed E-state index contributed by atoms with van der Waals surface area (Å²) in [7, 11) is 0. The Bertz CT molecular complexity index is 129. The molecule has 2 heteroatoms. The van der Waals surface area contributed by atoms with E-state index in [-0.39, 0.29) is 0 Å². The highest BCUT2D eigenvalue weighted by atomic mass is 32.2. The Morgan fingerprint density at radius 3 is 1.88 bits per heavy atom. The van der Waals surface area contributed by atoms with Crippen molar-refractivity contribution in [2.75, 3.05) is 0 Å². The highest BCUT2D eigenvalue weighted by Crippen LogP contribution is 2.33. The fourth-order valence-electron chi connectivity index (χ4n) is 0.528. The molecule has 0 spiro atoms. The predicted octanol–water partition coefficient (Wildman–Crippen LogP) is 3.19. The summed E-state index contributed by atoms with van der Waals surface area (Å²) in [6.45, 7) is 4.27. The molecule has 0 nitrogen and oxygen atoms in total. The van der Waals surface area contributed by atoms with E-state index >= 15 is 0 Å². The molecule has 1 heterocycles. The summed E-state index contributed by atoms with van der Waals surface area (Å²) < 4.78 is 0. The van der Waals surface area contributed by atoms with Crippen molar-refractivity contribution in [1.82, 2.24) is 0 Å². The third-order valence-corrected chi connectivity index (χ3v) is 2.95. The summed E-state index contributed by atoms with van der Waals surface area (Å²) >= 11 is 3.61. The molecule has 0 atom stereocenters. The monoisotopic (exact) mass is 144 g/mol. The van der Waals surface area contributed by atoms with Crippen molar-refractivity contribution in [3.8, 4) is 0 Å². The van der Waals surface area contributed by atoms with Gasteiger partial charge in [-0.25, -0.2) is 0 Å². The van der Waals surface area contributed by atoms with Gasteiger partial charge in [-0.05, 0) is 34.5 Å². The normalized spacial score (nSPS) is 19.8. The van der Waals surface area contributed by atoms with Crippen LogP contribution in [0.2, 0.25) is 0 Å². The molecule has 0 saturated heterocycles. The lowest BCUT2D eigenvalue weighted by Gasteiger charge is -2.04. The molecule has 0 aromatic carbocycles. The Morgan fingerprint density at radius 2 is 1.62 bits per heavy atom. The van der Waals surface area contributed by atoms with Gasteiger partial charge in [-0.2, -0.15) is 0 Å². The molecule has 0 aromatic heterocycles. The van der Waals surface area contributed by atoms with Gasteiger partial charge >= 0.3 is 0 Å². The first-order valence-electron chi connectivity index (χ1n) is 2.46. The zero-order chi connectivity index (χ0) is 5.98. The molecule has 0 N–H and O–H groups in total. The van der Waals surface area contributed by atoms with Crippen LogP contribution in [0.25, 0.3) is 0 Å². The molecule has 1 aliphatic heterocycles. The molecule has 0 amide bonds. The van der Waals surface area contributed by atoms with Crippen LogP contribution >= 0.6 is 23.5 Å². The predicted molar refractivity (Wildman–Crippen MR) is 42.7 cm³/mol. The third kappa shape index (κ3) is 1.60. The Hall–Kier alpha value is 0.180. The summed E-state index contributed by atoms with van der Waals surface area (Å²) in [5, 5.41) is 4.33. The Balaban J connectivity index is 2.57. The van der Waals surface area contributed by atoms with Crippen LogP contribution in [0.4, 0.5) is 0 Å². The standard InChI is InChI=1S/C6H8S2/c1-5-3-7-4-6(2)8-5/h3-4H,1-2H3. The maximum atomic E-state index is 2.16. The summed E-state index contributed by atoms with van der Waals surface area (Å²) in [6, 6.07) is 0. The fourth-order valence-corrected chi connectivity index (χ4v) is 2.21. The van der Waals surface area contributed by atoms with Crippen molar-refractivity contribution in [1.29, 1.82) is 0 Å². The van der Waals surface area contributed by atoms with Crippen LogP contribution in [-0.4, -0.2) is 0 Å². The van der Waals surface area contributed by atoms with Crippen molar-refractivity contribution in [3.63, 3.8) is 0 Å². The van der Waals surface area contributed by atoms with E-state index in [0.29, 0.717) is 0 Å². The second-order valence-corrected chi connectivity index (χ2v) is 3.93. The first kappa shape index (κ1) is 6.30. The first-order valence-corrected chi connectivity index (χ1v) is 4.22. The van der Waals surface area contributed by atoms with Gasteiger partial charge in [0.2, 0.25) is 0 Å². The van der Waals surface area contributed by atoms with Crippen LogP contribution in [0.5, 0.6) is 0 Å². The molecule has 44 valence electrons. The van der Waals surface area contributed by atoms with E-state index in [1.54, 1.807) is 11.8 Å². The molecule has 8 heavy (non-hydrogen) atoms.